The fourth-order valence-electron chi connectivity index (χ4n) is 5.69. The smallest absolute Gasteiger partial charge is 0.240 e. The number of benzene rings is 1. The Labute approximate surface area is 226 Å². The molecule has 3 heterocycles. The van der Waals surface area contributed by atoms with Gasteiger partial charge in [-0.15, -0.1) is 23.4 Å². The Balaban J connectivity index is 1.43. The maximum atomic E-state index is 13.5. The number of amides is 1. The van der Waals surface area contributed by atoms with Crippen molar-refractivity contribution in [3.8, 4) is 6.07 Å². The number of thioether (sulfide) groups is 1. The highest BCUT2D eigenvalue weighted by Crippen LogP contribution is 2.36. The number of aliphatic hydroxyl groups is 3. The summed E-state index contributed by atoms with van der Waals surface area (Å²) in [4.78, 5) is 13.5. The molecule has 9 nitrogen and oxygen atoms in total. The first kappa shape index (κ1) is 28.6. The van der Waals surface area contributed by atoms with Crippen molar-refractivity contribution < 1.29 is 29.6 Å². The van der Waals surface area contributed by atoms with Crippen LogP contribution in [0.1, 0.15) is 43.2 Å². The number of rotatable bonds is 6. The van der Waals surface area contributed by atoms with E-state index in [9.17, 15) is 20.1 Å². The van der Waals surface area contributed by atoms with E-state index in [2.05, 4.69) is 16.7 Å². The molecule has 0 aromatic heterocycles. The summed E-state index contributed by atoms with van der Waals surface area (Å²) < 4.78 is 12.2. The molecule has 37 heavy (non-hydrogen) atoms. The van der Waals surface area contributed by atoms with Gasteiger partial charge in [-0.25, -0.2) is 0 Å². The number of nitrogens with zero attached hydrogens (tertiary/aromatic N) is 1. The largest absolute Gasteiger partial charge is 0.390 e. The van der Waals surface area contributed by atoms with E-state index in [1.54, 1.807) is 13.2 Å². The average molecular weight is 554 g/mol. The van der Waals surface area contributed by atoms with Crippen LogP contribution in [0, 0.1) is 17.2 Å². The molecule has 3 aliphatic heterocycles. The lowest BCUT2D eigenvalue weighted by Gasteiger charge is -2.33. The van der Waals surface area contributed by atoms with Gasteiger partial charge in [0.1, 0.15) is 23.7 Å². The zero-order valence-electron chi connectivity index (χ0n) is 21.0. The molecule has 0 bridgehead atoms. The maximum Gasteiger partial charge on any atom is 0.240 e. The zero-order chi connectivity index (χ0) is 26.7. The third-order valence-electron chi connectivity index (χ3n) is 7.79. The van der Waals surface area contributed by atoms with Crippen LogP contribution in [0.2, 0.25) is 0 Å². The van der Waals surface area contributed by atoms with Crippen molar-refractivity contribution in [2.24, 2.45) is 5.92 Å². The highest BCUT2D eigenvalue weighted by atomic mass is 35.5. The fourth-order valence-corrected chi connectivity index (χ4v) is 6.61. The molecule has 4 unspecified atom stereocenters. The number of hydrogen-bond donors (Lipinski definition) is 5. The summed E-state index contributed by atoms with van der Waals surface area (Å²) in [6.45, 7) is 2.90. The van der Waals surface area contributed by atoms with Gasteiger partial charge in [0.25, 0.3) is 0 Å². The molecule has 4 rings (SSSR count). The molecule has 3 fully saturated rings. The molecule has 3 aliphatic rings. The van der Waals surface area contributed by atoms with Gasteiger partial charge in [-0.05, 0) is 49.6 Å². The minimum absolute atomic E-state index is 0.0181. The highest BCUT2D eigenvalue weighted by Gasteiger charge is 2.46. The first-order valence-corrected chi connectivity index (χ1v) is 14.5. The normalized spacial score (nSPS) is 37.9. The summed E-state index contributed by atoms with van der Waals surface area (Å²) in [7, 11) is 0. The number of hydrogen-bond acceptors (Lipinski definition) is 9. The van der Waals surface area contributed by atoms with Crippen LogP contribution in [0.3, 0.4) is 0 Å². The minimum Gasteiger partial charge on any atom is -0.390 e. The predicted octanol–water partition coefficient (Wildman–Crippen LogP) is 1.08. The lowest BCUT2D eigenvalue weighted by atomic mass is 9.85. The number of halogens is 1. The number of carbonyl (C=O) groups excluding carboxylic acids is 1. The molecule has 11 heteroatoms. The van der Waals surface area contributed by atoms with Crippen LogP contribution >= 0.6 is 23.4 Å². The summed E-state index contributed by atoms with van der Waals surface area (Å²) in [6.07, 6.45) is -1.38. The van der Waals surface area contributed by atoms with Crippen molar-refractivity contribution in [1.82, 2.24) is 10.6 Å². The third kappa shape index (κ3) is 6.43. The van der Waals surface area contributed by atoms with Gasteiger partial charge < -0.3 is 35.4 Å². The van der Waals surface area contributed by atoms with Gasteiger partial charge in [-0.3, -0.25) is 4.79 Å². The van der Waals surface area contributed by atoms with Crippen molar-refractivity contribution >= 4 is 29.3 Å². The Morgan fingerprint density at radius 2 is 1.97 bits per heavy atom. The SMILES string of the molecule is CSC1OC([C@H](NC(=O)[C@H]2NC[C@@H]3C[C@H](c4ccc(C#N)cc4)CCO[C@H]32)[C@H](C)Cl)CC(O)C(O)[C@H]1O. The van der Waals surface area contributed by atoms with Crippen molar-refractivity contribution in [3.63, 3.8) is 0 Å². The summed E-state index contributed by atoms with van der Waals surface area (Å²) in [5.41, 5.74) is 1.03. The molecule has 11 atom stereocenters. The van der Waals surface area contributed by atoms with Crippen LogP contribution in [-0.2, 0) is 14.3 Å². The van der Waals surface area contributed by atoms with Crippen LogP contribution in [0.15, 0.2) is 24.3 Å². The number of aliphatic hydroxyl groups excluding tert-OH is 3. The fraction of sp³-hybridized carbons (Fsp3) is 0.692. The molecule has 1 aromatic carbocycles. The van der Waals surface area contributed by atoms with E-state index in [1.807, 2.05) is 24.3 Å². The van der Waals surface area contributed by atoms with E-state index in [1.165, 1.54) is 17.3 Å². The standard InChI is InChI=1S/C26H36ClN3O6S/c1-13(27)20(19-10-18(31)22(32)23(33)26(36-19)37-2)30-25(34)21-24-17(12-29-21)9-16(7-8-35-24)15-5-3-14(11-28)4-6-15/h3-6,13,16-24,26,29,31-33H,7-10,12H2,1-2H3,(H,30,34)/t13-,16+,17-,18?,19?,20+,21-,22?,23+,24+,26?/m0/s1. The number of nitrogens with one attached hydrogen (secondary N) is 2. The topological polar surface area (TPSA) is 144 Å². The van der Waals surface area contributed by atoms with E-state index in [-0.39, 0.29) is 30.3 Å². The van der Waals surface area contributed by atoms with E-state index in [0.717, 1.165) is 12.8 Å². The monoisotopic (exact) mass is 553 g/mol. The second-order valence-corrected chi connectivity index (χ2v) is 11.8. The molecule has 204 valence electrons. The van der Waals surface area contributed by atoms with Gasteiger partial charge in [-0.2, -0.15) is 5.26 Å². The summed E-state index contributed by atoms with van der Waals surface area (Å²) in [5.74, 6) is 0.169. The Morgan fingerprint density at radius 1 is 1.24 bits per heavy atom. The van der Waals surface area contributed by atoms with Crippen LogP contribution in [-0.4, -0.2) is 94.1 Å². The van der Waals surface area contributed by atoms with Crippen LogP contribution < -0.4 is 10.6 Å². The van der Waals surface area contributed by atoms with Crippen molar-refractivity contribution in [1.29, 1.82) is 5.26 Å². The third-order valence-corrected chi connectivity index (χ3v) is 8.92. The molecule has 1 aromatic rings. The number of fused-ring (bicyclic) bond motifs is 1. The van der Waals surface area contributed by atoms with Gasteiger partial charge in [-0.1, -0.05) is 12.1 Å². The van der Waals surface area contributed by atoms with Crippen LogP contribution in [0.5, 0.6) is 0 Å². The molecular weight excluding hydrogens is 518 g/mol. The molecule has 1 amide bonds. The van der Waals surface area contributed by atoms with Crippen LogP contribution in [0.25, 0.3) is 0 Å². The molecule has 0 radical (unpaired) electrons. The van der Waals surface area contributed by atoms with Crippen molar-refractivity contribution in [2.45, 2.75) is 85.5 Å². The van der Waals surface area contributed by atoms with Crippen molar-refractivity contribution in [2.75, 3.05) is 19.4 Å². The van der Waals surface area contributed by atoms with Crippen molar-refractivity contribution in [3.05, 3.63) is 35.4 Å². The molecule has 0 saturated carbocycles. The number of ether oxygens (including phenoxy) is 2. The first-order chi connectivity index (χ1) is 17.7. The van der Waals surface area contributed by atoms with Gasteiger partial charge in [0.2, 0.25) is 5.91 Å². The summed E-state index contributed by atoms with van der Waals surface area (Å²) in [5, 5.41) is 45.9. The Kier molecular flexibility index (Phi) is 9.75. The molecular formula is C26H36ClN3O6S. The Bertz CT molecular complexity index is 963. The highest BCUT2D eigenvalue weighted by molar-refractivity contribution is 7.99. The van der Waals surface area contributed by atoms with E-state index in [4.69, 9.17) is 26.3 Å². The zero-order valence-corrected chi connectivity index (χ0v) is 22.6. The summed E-state index contributed by atoms with van der Waals surface area (Å²) >= 11 is 7.70. The van der Waals surface area contributed by atoms with Gasteiger partial charge in [0.15, 0.2) is 0 Å². The lowest BCUT2D eigenvalue weighted by molar-refractivity contribution is -0.128. The number of nitriles is 1. The molecule has 0 aliphatic carbocycles. The quantitative estimate of drug-likeness (QED) is 0.327. The van der Waals surface area contributed by atoms with Gasteiger partial charge in [0, 0.05) is 25.5 Å². The Hall–Kier alpha value is -1.42. The van der Waals surface area contributed by atoms with E-state index >= 15 is 0 Å². The van der Waals surface area contributed by atoms with E-state index < -0.39 is 47.3 Å². The second-order valence-electron chi connectivity index (χ2n) is 10.2. The van der Waals surface area contributed by atoms with Gasteiger partial charge in [0.05, 0.1) is 41.4 Å². The molecule has 0 spiro atoms. The first-order valence-electron chi connectivity index (χ1n) is 12.8. The average Bonchev–Trinajstić information content (AvgIpc) is 3.12. The molecule has 5 N–H and O–H groups in total. The second kappa shape index (κ2) is 12.6. The summed E-state index contributed by atoms with van der Waals surface area (Å²) in [6, 6.07) is 8.60. The Morgan fingerprint density at radius 3 is 2.62 bits per heavy atom. The van der Waals surface area contributed by atoms with E-state index in [0.29, 0.717) is 18.7 Å². The van der Waals surface area contributed by atoms with Gasteiger partial charge >= 0.3 is 0 Å². The number of carbonyl (C=O) groups is 1. The minimum atomic E-state index is -1.36. The van der Waals surface area contributed by atoms with Crippen LogP contribution in [0.4, 0.5) is 0 Å². The predicted molar refractivity (Wildman–Crippen MR) is 140 cm³/mol. The molecule has 3 saturated heterocycles. The number of alkyl halides is 1. The lowest BCUT2D eigenvalue weighted by Crippen LogP contribution is -2.56. The maximum absolute atomic E-state index is 13.5.